The number of anilines is 1. The number of amides is 1. The number of nitriles is 1. The summed E-state index contributed by atoms with van der Waals surface area (Å²) in [7, 11) is 0. The molecular formula is C17H20ClN3O4. The second-order valence-corrected chi connectivity index (χ2v) is 6.54. The molecule has 1 aromatic heterocycles. The van der Waals surface area contributed by atoms with Crippen LogP contribution in [0.2, 0.25) is 0 Å². The zero-order valence-electron chi connectivity index (χ0n) is 14.6. The van der Waals surface area contributed by atoms with Gasteiger partial charge in [-0.1, -0.05) is 37.5 Å². The highest BCUT2D eigenvalue weighted by Crippen LogP contribution is 2.37. The smallest absolute Gasteiger partial charge is 0.307 e. The SMILES string of the molecule is CCC(=O)OC1C(C)=C(Cl)C(=O)N1c1cc(C(C)(CC)CC#N)on1. The van der Waals surface area contributed by atoms with E-state index in [1.165, 1.54) is 4.90 Å². The molecule has 25 heavy (non-hydrogen) atoms. The van der Waals surface area contributed by atoms with Crippen molar-refractivity contribution in [3.8, 4) is 6.07 Å². The Kier molecular flexibility index (Phi) is 5.53. The van der Waals surface area contributed by atoms with Gasteiger partial charge in [-0.15, -0.1) is 0 Å². The number of halogens is 1. The third-order valence-corrected chi connectivity index (χ3v) is 4.94. The lowest BCUT2D eigenvalue weighted by molar-refractivity contribution is -0.147. The summed E-state index contributed by atoms with van der Waals surface area (Å²) in [4.78, 5) is 25.4. The van der Waals surface area contributed by atoms with E-state index in [2.05, 4.69) is 11.2 Å². The highest BCUT2D eigenvalue weighted by Gasteiger charge is 2.42. The molecule has 2 rings (SSSR count). The summed E-state index contributed by atoms with van der Waals surface area (Å²) in [6, 6.07) is 3.73. The molecule has 0 N–H and O–H groups in total. The van der Waals surface area contributed by atoms with Gasteiger partial charge in [0.1, 0.15) is 10.8 Å². The highest BCUT2D eigenvalue weighted by molar-refractivity contribution is 6.45. The maximum atomic E-state index is 12.5. The predicted molar refractivity (Wildman–Crippen MR) is 90.6 cm³/mol. The van der Waals surface area contributed by atoms with Crippen LogP contribution in [0.25, 0.3) is 0 Å². The first-order valence-electron chi connectivity index (χ1n) is 8.02. The number of ether oxygens (including phenoxy) is 1. The van der Waals surface area contributed by atoms with Crippen molar-refractivity contribution >= 4 is 29.3 Å². The molecule has 2 heterocycles. The lowest BCUT2D eigenvalue weighted by Gasteiger charge is -2.23. The molecular weight excluding hydrogens is 346 g/mol. The number of esters is 1. The summed E-state index contributed by atoms with van der Waals surface area (Å²) in [6.45, 7) is 7.11. The van der Waals surface area contributed by atoms with Gasteiger partial charge in [0.15, 0.2) is 5.82 Å². The van der Waals surface area contributed by atoms with Gasteiger partial charge in [-0.25, -0.2) is 4.90 Å². The molecule has 2 unspecified atom stereocenters. The monoisotopic (exact) mass is 365 g/mol. The fourth-order valence-corrected chi connectivity index (χ4v) is 2.67. The number of hydrogen-bond donors (Lipinski definition) is 0. The highest BCUT2D eigenvalue weighted by atomic mass is 35.5. The van der Waals surface area contributed by atoms with Crippen molar-refractivity contribution in [1.29, 1.82) is 5.26 Å². The third kappa shape index (κ3) is 3.40. The van der Waals surface area contributed by atoms with Crippen molar-refractivity contribution < 1.29 is 18.8 Å². The molecule has 1 aromatic rings. The van der Waals surface area contributed by atoms with E-state index in [0.29, 0.717) is 17.8 Å². The van der Waals surface area contributed by atoms with Gasteiger partial charge in [-0.3, -0.25) is 9.59 Å². The van der Waals surface area contributed by atoms with Gasteiger partial charge < -0.3 is 9.26 Å². The number of carbonyl (C=O) groups excluding carboxylic acids is 2. The summed E-state index contributed by atoms with van der Waals surface area (Å²) < 4.78 is 10.7. The van der Waals surface area contributed by atoms with Gasteiger partial charge in [0, 0.05) is 29.9 Å². The molecule has 1 aliphatic heterocycles. The second kappa shape index (κ2) is 7.28. The predicted octanol–water partition coefficient (Wildman–Crippen LogP) is 3.39. The maximum absolute atomic E-state index is 12.5. The maximum Gasteiger partial charge on any atom is 0.307 e. The van der Waals surface area contributed by atoms with E-state index in [-0.39, 0.29) is 23.7 Å². The molecule has 0 bridgehead atoms. The molecule has 0 aromatic carbocycles. The Morgan fingerprint density at radius 1 is 1.56 bits per heavy atom. The van der Waals surface area contributed by atoms with Gasteiger partial charge in [0.2, 0.25) is 6.23 Å². The van der Waals surface area contributed by atoms with Crippen LogP contribution < -0.4 is 4.90 Å². The normalized spacial score (nSPS) is 19.8. The van der Waals surface area contributed by atoms with Crippen LogP contribution in [0.1, 0.15) is 52.7 Å². The molecule has 1 aliphatic rings. The fourth-order valence-electron chi connectivity index (χ4n) is 2.48. The molecule has 0 radical (unpaired) electrons. The van der Waals surface area contributed by atoms with Gasteiger partial charge in [0.25, 0.3) is 5.91 Å². The van der Waals surface area contributed by atoms with Crippen molar-refractivity contribution in [3.63, 3.8) is 0 Å². The Hall–Kier alpha value is -2.33. The van der Waals surface area contributed by atoms with Crippen LogP contribution in [0.3, 0.4) is 0 Å². The average molecular weight is 366 g/mol. The van der Waals surface area contributed by atoms with Crippen molar-refractivity contribution in [1.82, 2.24) is 5.16 Å². The van der Waals surface area contributed by atoms with Crippen LogP contribution >= 0.6 is 11.6 Å². The van der Waals surface area contributed by atoms with Crippen molar-refractivity contribution in [2.24, 2.45) is 0 Å². The van der Waals surface area contributed by atoms with E-state index in [9.17, 15) is 9.59 Å². The van der Waals surface area contributed by atoms with E-state index in [1.807, 2.05) is 13.8 Å². The van der Waals surface area contributed by atoms with Crippen LogP contribution in [-0.4, -0.2) is 23.3 Å². The minimum absolute atomic E-state index is 0.00580. The van der Waals surface area contributed by atoms with Crippen LogP contribution in [0, 0.1) is 11.3 Å². The zero-order chi connectivity index (χ0) is 18.8. The molecule has 0 spiro atoms. The molecule has 1 amide bonds. The van der Waals surface area contributed by atoms with Gasteiger partial charge >= 0.3 is 5.97 Å². The Morgan fingerprint density at radius 2 is 2.24 bits per heavy atom. The molecule has 7 nitrogen and oxygen atoms in total. The standard InChI is InChI=1S/C17H20ClN3O4/c1-5-13(22)24-16-10(3)14(18)15(23)21(16)12-9-11(25-20-12)17(4,6-2)7-8-19/h9,16H,5-7H2,1-4H3. The van der Waals surface area contributed by atoms with Crippen molar-refractivity contribution in [2.75, 3.05) is 4.90 Å². The Morgan fingerprint density at radius 3 is 2.80 bits per heavy atom. The summed E-state index contributed by atoms with van der Waals surface area (Å²) in [6.07, 6.45) is 0.131. The zero-order valence-corrected chi connectivity index (χ0v) is 15.4. The summed E-state index contributed by atoms with van der Waals surface area (Å²) in [5.41, 5.74) is -0.0849. The van der Waals surface area contributed by atoms with E-state index < -0.39 is 23.5 Å². The lowest BCUT2D eigenvalue weighted by Crippen LogP contribution is -2.38. The minimum atomic E-state index is -0.950. The molecule has 8 heteroatoms. The molecule has 0 fully saturated rings. The largest absolute Gasteiger partial charge is 0.437 e. The minimum Gasteiger partial charge on any atom is -0.437 e. The van der Waals surface area contributed by atoms with Crippen LogP contribution in [0.15, 0.2) is 21.2 Å². The number of carbonyl (C=O) groups is 2. The number of aromatic nitrogens is 1. The van der Waals surface area contributed by atoms with Gasteiger partial charge in [0.05, 0.1) is 6.07 Å². The second-order valence-electron chi connectivity index (χ2n) is 6.17. The first-order valence-corrected chi connectivity index (χ1v) is 8.40. The molecule has 134 valence electrons. The van der Waals surface area contributed by atoms with Crippen LogP contribution in [0.5, 0.6) is 0 Å². The van der Waals surface area contributed by atoms with Crippen molar-refractivity contribution in [2.45, 2.75) is 58.6 Å². The quantitative estimate of drug-likeness (QED) is 0.717. The summed E-state index contributed by atoms with van der Waals surface area (Å²) in [5.74, 6) is -0.284. The topological polar surface area (TPSA) is 96.4 Å². The Balaban J connectivity index is 2.38. The van der Waals surface area contributed by atoms with Crippen molar-refractivity contribution in [3.05, 3.63) is 22.4 Å². The van der Waals surface area contributed by atoms with Gasteiger partial charge in [-0.05, 0) is 13.3 Å². The third-order valence-electron chi connectivity index (χ3n) is 4.48. The van der Waals surface area contributed by atoms with Crippen LogP contribution in [0.4, 0.5) is 5.82 Å². The first-order chi connectivity index (χ1) is 11.8. The van der Waals surface area contributed by atoms with E-state index in [1.54, 1.807) is 19.9 Å². The number of nitrogens with zero attached hydrogens (tertiary/aromatic N) is 3. The van der Waals surface area contributed by atoms with E-state index in [4.69, 9.17) is 26.1 Å². The number of rotatable bonds is 6. The van der Waals surface area contributed by atoms with Gasteiger partial charge in [-0.2, -0.15) is 5.26 Å². The molecule has 0 saturated heterocycles. The first kappa shape index (κ1) is 19.0. The van der Waals surface area contributed by atoms with Crippen LogP contribution in [-0.2, 0) is 19.7 Å². The Labute approximate surface area is 151 Å². The Bertz CT molecular complexity index is 764. The number of hydrogen-bond acceptors (Lipinski definition) is 6. The summed E-state index contributed by atoms with van der Waals surface area (Å²) >= 11 is 6.05. The molecule has 2 atom stereocenters. The molecule has 0 saturated carbocycles. The fraction of sp³-hybridized carbons (Fsp3) is 0.529. The summed E-state index contributed by atoms with van der Waals surface area (Å²) in [5, 5.41) is 13.0. The van der Waals surface area contributed by atoms with E-state index in [0.717, 1.165) is 0 Å². The average Bonchev–Trinajstić information content (AvgIpc) is 3.16. The lowest BCUT2D eigenvalue weighted by atomic mass is 9.82. The van der Waals surface area contributed by atoms with E-state index >= 15 is 0 Å². The molecule has 0 aliphatic carbocycles.